The Balaban J connectivity index is 3.18. The molecule has 0 spiro atoms. The van der Waals surface area contributed by atoms with E-state index in [0.717, 1.165) is 12.8 Å². The van der Waals surface area contributed by atoms with Crippen molar-refractivity contribution in [3.63, 3.8) is 0 Å². The van der Waals surface area contributed by atoms with Gasteiger partial charge >= 0.3 is 0 Å². The van der Waals surface area contributed by atoms with Gasteiger partial charge in [0.25, 0.3) is 0 Å². The van der Waals surface area contributed by atoms with Crippen molar-refractivity contribution in [2.24, 2.45) is 5.41 Å². The van der Waals surface area contributed by atoms with Crippen LogP contribution in [0, 0.1) is 5.41 Å². The summed E-state index contributed by atoms with van der Waals surface area (Å²) >= 11 is 0. The van der Waals surface area contributed by atoms with Crippen LogP contribution in [0.4, 0.5) is 11.4 Å². The summed E-state index contributed by atoms with van der Waals surface area (Å²) in [5, 5.41) is -0.581. The summed E-state index contributed by atoms with van der Waals surface area (Å²) < 4.78 is 26.4. The number of rotatable bonds is 7. The molecule has 5 nitrogen and oxygen atoms in total. The number of hydrogen-bond donors (Lipinski definition) is 2. The predicted octanol–water partition coefficient (Wildman–Crippen LogP) is 3.43. The summed E-state index contributed by atoms with van der Waals surface area (Å²) in [4.78, 5) is 12.6. The summed E-state index contributed by atoms with van der Waals surface area (Å²) in [6, 6.07) is 4.73. The first kappa shape index (κ1) is 18.5. The van der Waals surface area contributed by atoms with E-state index in [0.29, 0.717) is 11.3 Å². The number of Topliss-reactive ketones (excluding diaryl/α,β-unsaturated/α-hetero) is 1. The minimum Gasteiger partial charge on any atom is -0.397 e. The molecule has 1 aromatic rings. The highest BCUT2D eigenvalue weighted by atomic mass is 32.2. The summed E-state index contributed by atoms with van der Waals surface area (Å²) in [5.41, 5.74) is 6.36. The largest absolute Gasteiger partial charge is 0.397 e. The van der Waals surface area contributed by atoms with Crippen LogP contribution in [0.2, 0.25) is 0 Å². The molecule has 0 fully saturated rings. The molecule has 0 saturated carbocycles. The van der Waals surface area contributed by atoms with Crippen molar-refractivity contribution < 1.29 is 13.2 Å². The third-order valence-electron chi connectivity index (χ3n) is 3.68. The summed E-state index contributed by atoms with van der Waals surface area (Å²) in [7, 11) is -3.50. The highest BCUT2D eigenvalue weighted by Crippen LogP contribution is 2.30. The van der Waals surface area contributed by atoms with E-state index in [9.17, 15) is 13.2 Å². The number of sulfonamides is 1. The Bertz CT molecular complexity index is 649. The van der Waals surface area contributed by atoms with Gasteiger partial charge < -0.3 is 5.73 Å². The summed E-state index contributed by atoms with van der Waals surface area (Å²) in [5.74, 6) is -0.0145. The van der Waals surface area contributed by atoms with Gasteiger partial charge in [-0.05, 0) is 38.5 Å². The fraction of sp³-hybridized carbons (Fsp3) is 0.562. The number of nitrogens with two attached hydrogens (primary N) is 1. The molecule has 0 heterocycles. The van der Waals surface area contributed by atoms with E-state index < -0.39 is 20.7 Å². The van der Waals surface area contributed by atoms with Crippen LogP contribution >= 0.6 is 0 Å². The van der Waals surface area contributed by atoms with Gasteiger partial charge in [0.05, 0.1) is 16.6 Å². The van der Waals surface area contributed by atoms with Crippen molar-refractivity contribution >= 4 is 27.2 Å². The van der Waals surface area contributed by atoms with Gasteiger partial charge in [0.1, 0.15) is 0 Å². The Morgan fingerprint density at radius 3 is 2.41 bits per heavy atom. The molecule has 0 radical (unpaired) electrons. The van der Waals surface area contributed by atoms with Crippen LogP contribution in [-0.2, 0) is 10.0 Å². The number of ketones is 1. The van der Waals surface area contributed by atoms with E-state index in [-0.39, 0.29) is 11.5 Å². The number of hydrogen-bond acceptors (Lipinski definition) is 4. The second kappa shape index (κ2) is 6.69. The minimum atomic E-state index is -3.50. The Morgan fingerprint density at radius 1 is 1.32 bits per heavy atom. The van der Waals surface area contributed by atoms with Crippen LogP contribution in [0.5, 0.6) is 0 Å². The maximum Gasteiger partial charge on any atom is 0.235 e. The Kier molecular flexibility index (Phi) is 5.62. The third-order valence-corrected chi connectivity index (χ3v) is 5.42. The molecule has 0 aliphatic carbocycles. The Morgan fingerprint density at radius 2 is 1.91 bits per heavy atom. The summed E-state index contributed by atoms with van der Waals surface area (Å²) in [6.07, 6.45) is 1.67. The van der Waals surface area contributed by atoms with E-state index in [1.165, 1.54) is 6.07 Å². The van der Waals surface area contributed by atoms with Gasteiger partial charge in [0.15, 0.2) is 5.78 Å². The van der Waals surface area contributed by atoms with Gasteiger partial charge in [0, 0.05) is 11.0 Å². The van der Waals surface area contributed by atoms with E-state index in [4.69, 9.17) is 5.73 Å². The zero-order chi connectivity index (χ0) is 17.1. The van der Waals surface area contributed by atoms with Gasteiger partial charge in [-0.2, -0.15) is 0 Å². The van der Waals surface area contributed by atoms with Crippen molar-refractivity contribution in [2.45, 2.75) is 52.7 Å². The molecule has 3 N–H and O–H groups in total. The molecule has 6 heteroatoms. The summed E-state index contributed by atoms with van der Waals surface area (Å²) in [6.45, 7) is 8.98. The molecule has 0 atom stereocenters. The number of nitrogen functional groups attached to an aromatic ring is 1. The van der Waals surface area contributed by atoms with Crippen molar-refractivity contribution in [1.82, 2.24) is 0 Å². The van der Waals surface area contributed by atoms with Crippen LogP contribution in [0.25, 0.3) is 0 Å². The van der Waals surface area contributed by atoms with E-state index >= 15 is 0 Å². The van der Waals surface area contributed by atoms with Crippen molar-refractivity contribution in [2.75, 3.05) is 10.5 Å². The molecule has 22 heavy (non-hydrogen) atoms. The average Bonchev–Trinajstić information content (AvgIpc) is 2.40. The monoisotopic (exact) mass is 326 g/mol. The molecular formula is C16H26N2O3S. The normalized spacial score (nSPS) is 12.5. The standard InChI is InChI=1S/C16H26N2O3S/c1-6-9-16(4,5)15(19)12-7-8-13(17)14(10-12)18-22(20,21)11(2)3/h7-8,10-11,18H,6,9,17H2,1-5H3. The topological polar surface area (TPSA) is 89.3 Å². The maximum atomic E-state index is 12.6. The van der Waals surface area contributed by atoms with Crippen molar-refractivity contribution in [3.8, 4) is 0 Å². The van der Waals surface area contributed by atoms with Gasteiger partial charge in [0.2, 0.25) is 10.0 Å². The van der Waals surface area contributed by atoms with Crippen LogP contribution in [-0.4, -0.2) is 19.5 Å². The molecule has 0 bridgehead atoms. The number of anilines is 2. The van der Waals surface area contributed by atoms with Gasteiger partial charge in [-0.15, -0.1) is 0 Å². The predicted molar refractivity (Wildman–Crippen MR) is 91.6 cm³/mol. The average molecular weight is 326 g/mol. The zero-order valence-electron chi connectivity index (χ0n) is 13.9. The molecule has 0 unspecified atom stereocenters. The molecule has 0 amide bonds. The number of carbonyl (C=O) groups is 1. The Labute approximate surface area is 133 Å². The molecular weight excluding hydrogens is 300 g/mol. The second-order valence-electron chi connectivity index (χ2n) is 6.46. The highest BCUT2D eigenvalue weighted by Gasteiger charge is 2.28. The first-order chi connectivity index (χ1) is 10.0. The lowest BCUT2D eigenvalue weighted by Gasteiger charge is -2.23. The first-order valence-electron chi connectivity index (χ1n) is 7.47. The molecule has 124 valence electrons. The Hall–Kier alpha value is -1.56. The lowest BCUT2D eigenvalue weighted by molar-refractivity contribution is 0.0825. The lowest BCUT2D eigenvalue weighted by Crippen LogP contribution is -2.25. The van der Waals surface area contributed by atoms with Gasteiger partial charge in [-0.1, -0.05) is 27.2 Å². The SMILES string of the molecule is CCCC(C)(C)C(=O)c1ccc(N)c(NS(=O)(=O)C(C)C)c1. The van der Waals surface area contributed by atoms with Crippen molar-refractivity contribution in [3.05, 3.63) is 23.8 Å². The number of carbonyl (C=O) groups excluding carboxylic acids is 1. The third kappa shape index (κ3) is 4.22. The van der Waals surface area contributed by atoms with E-state index in [1.807, 2.05) is 20.8 Å². The minimum absolute atomic E-state index is 0.0145. The van der Waals surface area contributed by atoms with E-state index in [2.05, 4.69) is 4.72 Å². The highest BCUT2D eigenvalue weighted by molar-refractivity contribution is 7.93. The molecule has 0 aliphatic heterocycles. The lowest BCUT2D eigenvalue weighted by atomic mass is 9.80. The molecule has 1 rings (SSSR count). The molecule has 0 aliphatic rings. The maximum absolute atomic E-state index is 12.6. The zero-order valence-corrected chi connectivity index (χ0v) is 14.8. The van der Waals surface area contributed by atoms with E-state index in [1.54, 1.807) is 26.0 Å². The van der Waals surface area contributed by atoms with Crippen molar-refractivity contribution in [1.29, 1.82) is 0 Å². The fourth-order valence-corrected chi connectivity index (χ4v) is 2.91. The van der Waals surface area contributed by atoms with Crippen LogP contribution < -0.4 is 10.5 Å². The van der Waals surface area contributed by atoms with Crippen LogP contribution in [0.3, 0.4) is 0 Å². The molecule has 0 aromatic heterocycles. The quantitative estimate of drug-likeness (QED) is 0.593. The van der Waals surface area contributed by atoms with Gasteiger partial charge in [-0.25, -0.2) is 8.42 Å². The molecule has 1 aromatic carbocycles. The fourth-order valence-electron chi connectivity index (χ4n) is 2.19. The second-order valence-corrected chi connectivity index (χ2v) is 8.70. The van der Waals surface area contributed by atoms with Crippen LogP contribution in [0.1, 0.15) is 57.8 Å². The first-order valence-corrected chi connectivity index (χ1v) is 9.02. The molecule has 0 saturated heterocycles. The number of nitrogens with one attached hydrogen (secondary N) is 1. The van der Waals surface area contributed by atoms with Crippen LogP contribution in [0.15, 0.2) is 18.2 Å². The van der Waals surface area contributed by atoms with Gasteiger partial charge in [-0.3, -0.25) is 9.52 Å². The number of benzene rings is 1. The smallest absolute Gasteiger partial charge is 0.235 e.